The molecule has 0 radical (unpaired) electrons. The number of benzene rings is 3. The summed E-state index contributed by atoms with van der Waals surface area (Å²) in [5, 5.41) is 11.4. The summed E-state index contributed by atoms with van der Waals surface area (Å²) in [6.45, 7) is 4.85. The van der Waals surface area contributed by atoms with Crippen LogP contribution >= 0.6 is 0 Å². The molecule has 186 valence electrons. The fourth-order valence-electron chi connectivity index (χ4n) is 4.46. The summed E-state index contributed by atoms with van der Waals surface area (Å²) >= 11 is 0. The van der Waals surface area contributed by atoms with E-state index in [-0.39, 0.29) is 24.5 Å². The molecule has 1 fully saturated rings. The van der Waals surface area contributed by atoms with Crippen LogP contribution in [0.1, 0.15) is 40.8 Å². The molecule has 3 aromatic carbocycles. The highest BCUT2D eigenvalue weighted by Gasteiger charge is 2.46. The van der Waals surface area contributed by atoms with E-state index in [2.05, 4.69) is 6.92 Å². The van der Waals surface area contributed by atoms with Gasteiger partial charge in [0, 0.05) is 19.2 Å². The van der Waals surface area contributed by atoms with Gasteiger partial charge in [-0.15, -0.1) is 0 Å². The molecular weight excluding hydrogens is 454 g/mol. The Morgan fingerprint density at radius 2 is 1.69 bits per heavy atom. The van der Waals surface area contributed by atoms with Crippen LogP contribution in [-0.2, 0) is 27.4 Å². The molecule has 1 N–H and O–H groups in total. The van der Waals surface area contributed by atoms with E-state index < -0.39 is 17.7 Å². The van der Waals surface area contributed by atoms with Crippen molar-refractivity contribution in [1.29, 1.82) is 0 Å². The third-order valence-electron chi connectivity index (χ3n) is 6.48. The summed E-state index contributed by atoms with van der Waals surface area (Å²) in [5.41, 5.74) is 4.27. The molecule has 3 aromatic rings. The van der Waals surface area contributed by atoms with Crippen LogP contribution in [0.25, 0.3) is 5.76 Å². The summed E-state index contributed by atoms with van der Waals surface area (Å²) in [6, 6.07) is 22.3. The van der Waals surface area contributed by atoms with Gasteiger partial charge >= 0.3 is 0 Å². The van der Waals surface area contributed by atoms with Crippen molar-refractivity contribution in [2.24, 2.45) is 0 Å². The number of aliphatic hydroxyl groups excluding tert-OH is 1. The molecule has 0 saturated carbocycles. The largest absolute Gasteiger partial charge is 0.507 e. The molecule has 0 bridgehead atoms. The number of carbonyl (C=O) groups excluding carboxylic acids is 2. The van der Waals surface area contributed by atoms with Crippen molar-refractivity contribution in [2.75, 3.05) is 20.3 Å². The first-order chi connectivity index (χ1) is 17.4. The van der Waals surface area contributed by atoms with E-state index in [1.807, 2.05) is 67.6 Å². The Labute approximate surface area is 211 Å². The molecule has 36 heavy (non-hydrogen) atoms. The molecule has 1 atom stereocenters. The van der Waals surface area contributed by atoms with Crippen LogP contribution in [0.15, 0.2) is 78.4 Å². The number of rotatable bonds is 9. The number of carbonyl (C=O) groups is 2. The number of aliphatic hydroxyl groups is 1. The molecule has 1 heterocycles. The maximum absolute atomic E-state index is 13.2. The lowest BCUT2D eigenvalue weighted by Gasteiger charge is -2.25. The minimum atomic E-state index is -0.697. The lowest BCUT2D eigenvalue weighted by atomic mass is 9.93. The van der Waals surface area contributed by atoms with Crippen LogP contribution in [-0.4, -0.2) is 42.0 Å². The number of hydrogen-bond acceptors (Lipinski definition) is 5. The predicted molar refractivity (Wildman–Crippen MR) is 139 cm³/mol. The van der Waals surface area contributed by atoms with Gasteiger partial charge in [-0.25, -0.2) is 0 Å². The average molecular weight is 486 g/mol. The molecule has 0 unspecified atom stereocenters. The Kier molecular flexibility index (Phi) is 7.86. The summed E-state index contributed by atoms with van der Waals surface area (Å²) in [7, 11) is 1.55. The molecular formula is C30H31NO5. The zero-order valence-electron chi connectivity index (χ0n) is 20.9. The van der Waals surface area contributed by atoms with Crippen LogP contribution in [0.3, 0.4) is 0 Å². The molecule has 1 amide bonds. The number of aryl methyl sites for hydroxylation is 2. The molecule has 0 spiro atoms. The fraction of sp³-hybridized carbons (Fsp3) is 0.267. The SMILES string of the molecule is CCc1ccc([C@@H]2/C(=C(\O)c3ccc(OCc4ccccc4)cc3C)C(=O)C(=O)N2CCOC)cc1. The van der Waals surface area contributed by atoms with Gasteiger partial charge in [-0.05, 0) is 53.8 Å². The van der Waals surface area contributed by atoms with Gasteiger partial charge in [-0.3, -0.25) is 9.59 Å². The normalized spacial score (nSPS) is 17.0. The summed E-state index contributed by atoms with van der Waals surface area (Å²) < 4.78 is 11.1. The fourth-order valence-corrected chi connectivity index (χ4v) is 4.46. The predicted octanol–water partition coefficient (Wildman–Crippen LogP) is 5.20. The second-order valence-electron chi connectivity index (χ2n) is 8.83. The number of ketones is 1. The maximum atomic E-state index is 13.2. The zero-order valence-corrected chi connectivity index (χ0v) is 20.9. The topological polar surface area (TPSA) is 76.1 Å². The molecule has 1 aliphatic heterocycles. The van der Waals surface area contributed by atoms with E-state index in [1.165, 1.54) is 4.90 Å². The van der Waals surface area contributed by atoms with Crippen LogP contribution in [0.5, 0.6) is 5.75 Å². The van der Waals surface area contributed by atoms with Crippen molar-refractivity contribution < 1.29 is 24.2 Å². The van der Waals surface area contributed by atoms with Crippen LogP contribution in [0.4, 0.5) is 0 Å². The van der Waals surface area contributed by atoms with Crippen molar-refractivity contribution in [2.45, 2.75) is 32.9 Å². The number of Topliss-reactive ketones (excluding diaryl/α,β-unsaturated/α-hetero) is 1. The van der Waals surface area contributed by atoms with Crippen molar-refractivity contribution in [3.63, 3.8) is 0 Å². The quantitative estimate of drug-likeness (QED) is 0.256. The van der Waals surface area contributed by atoms with Crippen molar-refractivity contribution in [3.05, 3.63) is 106 Å². The third-order valence-corrected chi connectivity index (χ3v) is 6.48. The van der Waals surface area contributed by atoms with Gasteiger partial charge in [0.15, 0.2) is 0 Å². The van der Waals surface area contributed by atoms with E-state index in [4.69, 9.17) is 9.47 Å². The maximum Gasteiger partial charge on any atom is 0.295 e. The number of amides is 1. The third kappa shape index (κ3) is 5.19. The highest BCUT2D eigenvalue weighted by Crippen LogP contribution is 2.40. The highest BCUT2D eigenvalue weighted by molar-refractivity contribution is 6.46. The molecule has 6 nitrogen and oxygen atoms in total. The monoisotopic (exact) mass is 485 g/mol. The molecule has 6 heteroatoms. The Bertz CT molecular complexity index is 1260. The van der Waals surface area contributed by atoms with Gasteiger partial charge in [0.1, 0.15) is 18.1 Å². The Balaban J connectivity index is 1.70. The van der Waals surface area contributed by atoms with Crippen LogP contribution < -0.4 is 4.74 Å². The Morgan fingerprint density at radius 3 is 2.33 bits per heavy atom. The smallest absolute Gasteiger partial charge is 0.295 e. The minimum Gasteiger partial charge on any atom is -0.507 e. The summed E-state index contributed by atoms with van der Waals surface area (Å²) in [4.78, 5) is 27.6. The summed E-state index contributed by atoms with van der Waals surface area (Å²) in [6.07, 6.45) is 0.877. The summed E-state index contributed by atoms with van der Waals surface area (Å²) in [5.74, 6) is -0.874. The van der Waals surface area contributed by atoms with E-state index in [0.29, 0.717) is 17.9 Å². The first kappa shape index (κ1) is 25.2. The number of nitrogens with zero attached hydrogens (tertiary/aromatic N) is 1. The number of ether oxygens (including phenoxy) is 2. The second kappa shape index (κ2) is 11.2. The van der Waals surface area contributed by atoms with Crippen molar-refractivity contribution >= 4 is 17.4 Å². The lowest BCUT2D eigenvalue weighted by molar-refractivity contribution is -0.140. The number of likely N-dealkylation sites (tertiary alicyclic amines) is 1. The standard InChI is InChI=1S/C30H31NO5/c1-4-21-10-12-23(13-11-21)27-26(29(33)30(34)31(27)16-17-35-3)28(32)25-15-14-24(18-20(25)2)36-19-22-8-6-5-7-9-22/h5-15,18,27,32H,4,16-17,19H2,1-3H3/b28-26+/t27-/m1/s1. The molecule has 4 rings (SSSR count). The van der Waals surface area contributed by atoms with Crippen LogP contribution in [0, 0.1) is 6.92 Å². The second-order valence-corrected chi connectivity index (χ2v) is 8.83. The highest BCUT2D eigenvalue weighted by atomic mass is 16.5. The van der Waals surface area contributed by atoms with Crippen molar-refractivity contribution in [3.8, 4) is 5.75 Å². The average Bonchev–Trinajstić information content (AvgIpc) is 3.16. The van der Waals surface area contributed by atoms with Gasteiger partial charge in [-0.2, -0.15) is 0 Å². The van der Waals surface area contributed by atoms with Gasteiger partial charge in [0.05, 0.1) is 18.2 Å². The Morgan fingerprint density at radius 1 is 0.972 bits per heavy atom. The molecule has 0 aliphatic carbocycles. The minimum absolute atomic E-state index is 0.0846. The van der Waals surface area contributed by atoms with E-state index >= 15 is 0 Å². The molecule has 0 aromatic heterocycles. The number of methoxy groups -OCH3 is 1. The first-order valence-electron chi connectivity index (χ1n) is 12.1. The zero-order chi connectivity index (χ0) is 25.7. The number of hydrogen-bond donors (Lipinski definition) is 1. The van der Waals surface area contributed by atoms with Gasteiger partial charge in [0.2, 0.25) is 0 Å². The van der Waals surface area contributed by atoms with Gasteiger partial charge in [-0.1, -0.05) is 61.5 Å². The van der Waals surface area contributed by atoms with E-state index in [0.717, 1.165) is 28.7 Å². The van der Waals surface area contributed by atoms with Gasteiger partial charge < -0.3 is 19.5 Å². The lowest BCUT2D eigenvalue weighted by Crippen LogP contribution is -2.32. The Hall–Kier alpha value is -3.90. The van der Waals surface area contributed by atoms with E-state index in [1.54, 1.807) is 19.2 Å². The van der Waals surface area contributed by atoms with E-state index in [9.17, 15) is 14.7 Å². The van der Waals surface area contributed by atoms with Gasteiger partial charge in [0.25, 0.3) is 11.7 Å². The first-order valence-corrected chi connectivity index (χ1v) is 12.1. The van der Waals surface area contributed by atoms with Crippen molar-refractivity contribution in [1.82, 2.24) is 4.90 Å². The van der Waals surface area contributed by atoms with Crippen LogP contribution in [0.2, 0.25) is 0 Å². The molecule has 1 saturated heterocycles. The molecule has 1 aliphatic rings.